The standard InChI is InChI=1S/C22H22N2O8S/c25-18(15-2-5-17-14(10-15)3-7-21(26)24-17)13-32-22(27)12-23-33(28,29)16-4-6-19-20(11-16)31-9-1-8-30-19/h2,4-6,10-11,23H,1,3,7-9,12-13H2,(H,24,26). The number of ketones is 1. The number of benzene rings is 2. The number of amides is 1. The summed E-state index contributed by atoms with van der Waals surface area (Å²) in [4.78, 5) is 35.7. The van der Waals surface area contributed by atoms with Crippen molar-refractivity contribution in [1.82, 2.24) is 4.72 Å². The van der Waals surface area contributed by atoms with Crippen LogP contribution in [0.4, 0.5) is 5.69 Å². The molecule has 0 saturated heterocycles. The van der Waals surface area contributed by atoms with Crippen molar-refractivity contribution in [2.75, 3.05) is 31.7 Å². The van der Waals surface area contributed by atoms with Gasteiger partial charge in [-0.1, -0.05) is 0 Å². The molecule has 2 heterocycles. The third kappa shape index (κ3) is 5.49. The molecule has 1 amide bonds. The molecular formula is C22H22N2O8S. The fraction of sp³-hybridized carbons (Fsp3) is 0.318. The van der Waals surface area contributed by atoms with Gasteiger partial charge in [0.15, 0.2) is 23.9 Å². The van der Waals surface area contributed by atoms with E-state index < -0.39 is 34.9 Å². The van der Waals surface area contributed by atoms with Gasteiger partial charge in [0.05, 0.1) is 18.1 Å². The number of hydrogen-bond donors (Lipinski definition) is 2. The summed E-state index contributed by atoms with van der Waals surface area (Å²) in [5.74, 6) is -0.646. The van der Waals surface area contributed by atoms with Gasteiger partial charge in [0.1, 0.15) is 6.54 Å². The Morgan fingerprint density at radius 1 is 1.03 bits per heavy atom. The van der Waals surface area contributed by atoms with Crippen LogP contribution in [0.5, 0.6) is 11.5 Å². The average Bonchev–Trinajstić information content (AvgIpc) is 3.06. The Hall–Kier alpha value is -3.44. The number of carbonyl (C=O) groups excluding carboxylic acids is 3. The van der Waals surface area contributed by atoms with Gasteiger partial charge in [0, 0.05) is 30.2 Å². The van der Waals surface area contributed by atoms with Crippen molar-refractivity contribution in [2.45, 2.75) is 24.2 Å². The molecule has 11 heteroatoms. The first-order chi connectivity index (χ1) is 15.8. The number of sulfonamides is 1. The summed E-state index contributed by atoms with van der Waals surface area (Å²) in [6, 6.07) is 8.99. The molecule has 2 aromatic carbocycles. The quantitative estimate of drug-likeness (QED) is 0.454. The zero-order valence-electron chi connectivity index (χ0n) is 17.6. The SMILES string of the molecule is O=C1CCc2cc(C(=O)COC(=O)CNS(=O)(=O)c3ccc4c(c3)OCCCO4)ccc2N1. The molecule has 33 heavy (non-hydrogen) atoms. The molecule has 0 atom stereocenters. The van der Waals surface area contributed by atoms with Crippen LogP contribution in [0.15, 0.2) is 41.3 Å². The van der Waals surface area contributed by atoms with Gasteiger partial charge < -0.3 is 19.5 Å². The maximum atomic E-state index is 12.5. The number of nitrogens with one attached hydrogen (secondary N) is 2. The van der Waals surface area contributed by atoms with Crippen LogP contribution in [-0.4, -0.2) is 52.4 Å². The Morgan fingerprint density at radius 2 is 1.82 bits per heavy atom. The minimum atomic E-state index is -4.01. The Morgan fingerprint density at radius 3 is 2.64 bits per heavy atom. The Labute approximate surface area is 190 Å². The van der Waals surface area contributed by atoms with Crippen LogP contribution in [0, 0.1) is 0 Å². The van der Waals surface area contributed by atoms with Crippen LogP contribution < -0.4 is 19.5 Å². The molecule has 2 aliphatic rings. The predicted octanol–water partition coefficient (Wildman–Crippen LogP) is 1.44. The molecule has 0 spiro atoms. The second-order valence-corrected chi connectivity index (χ2v) is 9.25. The van der Waals surface area contributed by atoms with Crippen LogP contribution in [0.25, 0.3) is 0 Å². The molecule has 0 unspecified atom stereocenters. The molecule has 4 rings (SSSR count). The molecule has 0 aromatic heterocycles. The van der Waals surface area contributed by atoms with Gasteiger partial charge in [0.25, 0.3) is 0 Å². The lowest BCUT2D eigenvalue weighted by atomic mass is 9.99. The zero-order chi connectivity index (χ0) is 23.4. The van der Waals surface area contributed by atoms with E-state index in [0.717, 1.165) is 5.56 Å². The molecule has 2 N–H and O–H groups in total. The van der Waals surface area contributed by atoms with Gasteiger partial charge in [-0.25, -0.2) is 8.42 Å². The number of fused-ring (bicyclic) bond motifs is 2. The Balaban J connectivity index is 1.30. The monoisotopic (exact) mass is 474 g/mol. The molecule has 0 aliphatic carbocycles. The lowest BCUT2D eigenvalue weighted by molar-refractivity contribution is -0.141. The van der Waals surface area contributed by atoms with Crippen molar-refractivity contribution < 1.29 is 37.0 Å². The first-order valence-corrected chi connectivity index (χ1v) is 11.8. The highest BCUT2D eigenvalue weighted by Gasteiger charge is 2.21. The summed E-state index contributed by atoms with van der Waals surface area (Å²) in [7, 11) is -4.01. The molecule has 0 radical (unpaired) electrons. The van der Waals surface area contributed by atoms with Crippen LogP contribution in [0.2, 0.25) is 0 Å². The molecule has 0 bridgehead atoms. The van der Waals surface area contributed by atoms with Gasteiger partial charge >= 0.3 is 5.97 Å². The van der Waals surface area contributed by atoms with Gasteiger partial charge in [-0.05, 0) is 42.3 Å². The lowest BCUT2D eigenvalue weighted by Gasteiger charge is -2.17. The summed E-state index contributed by atoms with van der Waals surface area (Å²) >= 11 is 0. The first-order valence-electron chi connectivity index (χ1n) is 10.3. The summed E-state index contributed by atoms with van der Waals surface area (Å²) in [6.45, 7) is -0.289. The van der Waals surface area contributed by atoms with Gasteiger partial charge in [-0.15, -0.1) is 0 Å². The maximum Gasteiger partial charge on any atom is 0.321 e. The molecule has 10 nitrogen and oxygen atoms in total. The molecule has 174 valence electrons. The van der Waals surface area contributed by atoms with E-state index in [4.69, 9.17) is 14.2 Å². The second kappa shape index (κ2) is 9.59. The van der Waals surface area contributed by atoms with Crippen LogP contribution in [0.3, 0.4) is 0 Å². The molecule has 2 aromatic rings. The van der Waals surface area contributed by atoms with Crippen molar-refractivity contribution in [1.29, 1.82) is 0 Å². The zero-order valence-corrected chi connectivity index (χ0v) is 18.4. The van der Waals surface area contributed by atoms with Gasteiger partial charge in [-0.3, -0.25) is 14.4 Å². The van der Waals surface area contributed by atoms with E-state index in [1.165, 1.54) is 24.3 Å². The van der Waals surface area contributed by atoms with E-state index in [1.807, 2.05) is 0 Å². The second-order valence-electron chi connectivity index (χ2n) is 7.49. The highest BCUT2D eigenvalue weighted by molar-refractivity contribution is 7.89. The van der Waals surface area contributed by atoms with Crippen molar-refractivity contribution in [2.24, 2.45) is 0 Å². The number of aryl methyl sites for hydroxylation is 1. The van der Waals surface area contributed by atoms with Crippen molar-refractivity contribution in [3.8, 4) is 11.5 Å². The fourth-order valence-electron chi connectivity index (χ4n) is 3.39. The highest BCUT2D eigenvalue weighted by Crippen LogP contribution is 2.31. The number of rotatable bonds is 7. The third-order valence-corrected chi connectivity index (χ3v) is 6.52. The molecule has 2 aliphatic heterocycles. The topological polar surface area (TPSA) is 137 Å². The summed E-state index contributed by atoms with van der Waals surface area (Å²) < 4.78 is 43.1. The van der Waals surface area contributed by atoms with Crippen molar-refractivity contribution in [3.63, 3.8) is 0 Å². The van der Waals surface area contributed by atoms with E-state index in [9.17, 15) is 22.8 Å². The third-order valence-electron chi connectivity index (χ3n) is 5.12. The van der Waals surface area contributed by atoms with Crippen molar-refractivity contribution >= 4 is 33.4 Å². The molecule has 0 saturated carbocycles. The van der Waals surface area contributed by atoms with Crippen LogP contribution in [-0.2, 0) is 30.8 Å². The normalized spacial score (nSPS) is 15.1. The van der Waals surface area contributed by atoms with Gasteiger partial charge in [0.2, 0.25) is 15.9 Å². The minimum Gasteiger partial charge on any atom is -0.490 e. The van der Waals surface area contributed by atoms with Gasteiger partial charge in [-0.2, -0.15) is 4.72 Å². The maximum absolute atomic E-state index is 12.5. The number of anilines is 1. The number of Topliss-reactive ketones (excluding diaryl/α,β-unsaturated/α-hetero) is 1. The van der Waals surface area contributed by atoms with E-state index in [0.29, 0.717) is 55.2 Å². The summed E-state index contributed by atoms with van der Waals surface area (Å²) in [6.07, 6.45) is 1.54. The smallest absolute Gasteiger partial charge is 0.321 e. The van der Waals surface area contributed by atoms with Crippen LogP contribution in [0.1, 0.15) is 28.8 Å². The number of carbonyl (C=O) groups is 3. The summed E-state index contributed by atoms with van der Waals surface area (Å²) in [5.41, 5.74) is 1.82. The predicted molar refractivity (Wildman–Crippen MR) is 116 cm³/mol. The number of esters is 1. The number of hydrogen-bond acceptors (Lipinski definition) is 8. The number of ether oxygens (including phenoxy) is 3. The average molecular weight is 474 g/mol. The first kappa shape index (κ1) is 22.7. The highest BCUT2D eigenvalue weighted by atomic mass is 32.2. The largest absolute Gasteiger partial charge is 0.490 e. The fourth-order valence-corrected chi connectivity index (χ4v) is 4.37. The van der Waals surface area contributed by atoms with E-state index in [1.54, 1.807) is 12.1 Å². The Kier molecular flexibility index (Phi) is 6.61. The van der Waals surface area contributed by atoms with E-state index in [2.05, 4.69) is 10.0 Å². The van der Waals surface area contributed by atoms with E-state index in [-0.39, 0.29) is 10.8 Å². The molecule has 0 fully saturated rings. The summed E-state index contributed by atoms with van der Waals surface area (Å²) in [5, 5.41) is 2.72. The van der Waals surface area contributed by atoms with Crippen molar-refractivity contribution in [3.05, 3.63) is 47.5 Å². The lowest BCUT2D eigenvalue weighted by Crippen LogP contribution is -2.31. The minimum absolute atomic E-state index is 0.0790. The Bertz CT molecular complexity index is 1210. The van der Waals surface area contributed by atoms with Crippen LogP contribution >= 0.6 is 0 Å². The molecular weight excluding hydrogens is 452 g/mol. The van der Waals surface area contributed by atoms with E-state index >= 15 is 0 Å².